The lowest BCUT2D eigenvalue weighted by molar-refractivity contribution is 0.226. The number of thiophene rings is 1. The van der Waals surface area contributed by atoms with E-state index in [0.29, 0.717) is 6.04 Å². The predicted molar refractivity (Wildman–Crippen MR) is 75.6 cm³/mol. The van der Waals surface area contributed by atoms with Crippen LogP contribution in [-0.4, -0.2) is 31.1 Å². The maximum absolute atomic E-state index is 3.61. The summed E-state index contributed by atoms with van der Waals surface area (Å²) in [6, 6.07) is 5.75. The lowest BCUT2D eigenvalue weighted by Gasteiger charge is -2.27. The molecule has 17 heavy (non-hydrogen) atoms. The fourth-order valence-electron chi connectivity index (χ4n) is 2.12. The molecule has 0 amide bonds. The lowest BCUT2D eigenvalue weighted by Crippen LogP contribution is -2.33. The van der Waals surface area contributed by atoms with Crippen molar-refractivity contribution in [3.8, 4) is 0 Å². The second-order valence-electron chi connectivity index (χ2n) is 5.42. The van der Waals surface area contributed by atoms with Crippen molar-refractivity contribution in [2.24, 2.45) is 5.92 Å². The van der Waals surface area contributed by atoms with Gasteiger partial charge in [-0.1, -0.05) is 13.0 Å². The molecule has 3 heteroatoms. The minimum atomic E-state index is 0.540. The highest BCUT2D eigenvalue weighted by molar-refractivity contribution is 7.10. The zero-order chi connectivity index (χ0) is 12.3. The Hall–Kier alpha value is -0.380. The summed E-state index contributed by atoms with van der Waals surface area (Å²) in [7, 11) is 2.23. The topological polar surface area (TPSA) is 15.3 Å². The minimum Gasteiger partial charge on any atom is -0.314 e. The van der Waals surface area contributed by atoms with E-state index in [2.05, 4.69) is 48.6 Å². The predicted octanol–water partition coefficient (Wildman–Crippen LogP) is 3.13. The molecule has 1 aromatic rings. The molecule has 1 aromatic heterocycles. The van der Waals surface area contributed by atoms with Crippen LogP contribution in [0, 0.1) is 5.92 Å². The molecule has 2 rings (SSSR count). The van der Waals surface area contributed by atoms with Crippen molar-refractivity contribution in [2.45, 2.75) is 38.8 Å². The molecule has 1 saturated carbocycles. The molecule has 0 spiro atoms. The highest BCUT2D eigenvalue weighted by atomic mass is 32.1. The Labute approximate surface area is 109 Å². The Morgan fingerprint density at radius 1 is 1.47 bits per heavy atom. The van der Waals surface area contributed by atoms with Crippen LogP contribution in [0.3, 0.4) is 0 Å². The molecule has 1 aliphatic rings. The summed E-state index contributed by atoms with van der Waals surface area (Å²) in [6.45, 7) is 6.96. The van der Waals surface area contributed by atoms with E-state index in [1.807, 2.05) is 11.3 Å². The highest BCUT2D eigenvalue weighted by Crippen LogP contribution is 2.24. The summed E-state index contributed by atoms with van der Waals surface area (Å²) in [4.78, 5) is 3.93. The molecule has 2 nitrogen and oxygen atoms in total. The Kier molecular flexibility index (Phi) is 4.60. The van der Waals surface area contributed by atoms with E-state index in [1.165, 1.54) is 24.3 Å². The van der Waals surface area contributed by atoms with Crippen molar-refractivity contribution in [1.29, 1.82) is 0 Å². The molecule has 0 aromatic carbocycles. The van der Waals surface area contributed by atoms with Gasteiger partial charge in [0.25, 0.3) is 0 Å². The third-order valence-corrected chi connectivity index (χ3v) is 4.59. The molecule has 1 heterocycles. The van der Waals surface area contributed by atoms with Gasteiger partial charge in [0.15, 0.2) is 0 Å². The number of nitrogens with one attached hydrogen (secondary N) is 1. The van der Waals surface area contributed by atoms with Crippen LogP contribution in [0.5, 0.6) is 0 Å². The normalized spacial score (nSPS) is 19.5. The van der Waals surface area contributed by atoms with E-state index in [0.717, 1.165) is 18.5 Å². The van der Waals surface area contributed by atoms with Gasteiger partial charge in [0, 0.05) is 23.5 Å². The average molecular weight is 252 g/mol. The van der Waals surface area contributed by atoms with Crippen LogP contribution in [-0.2, 0) is 0 Å². The SMILES string of the molecule is CC(CNC1CC1)CN(C)C(C)c1cccs1. The first-order valence-corrected chi connectivity index (χ1v) is 7.52. The summed E-state index contributed by atoms with van der Waals surface area (Å²) in [6.07, 6.45) is 2.77. The third kappa shape index (κ3) is 4.09. The van der Waals surface area contributed by atoms with Gasteiger partial charge in [0.05, 0.1) is 0 Å². The maximum Gasteiger partial charge on any atom is 0.0410 e. The Morgan fingerprint density at radius 3 is 2.82 bits per heavy atom. The lowest BCUT2D eigenvalue weighted by atomic mass is 10.1. The van der Waals surface area contributed by atoms with Crippen LogP contribution in [0.1, 0.15) is 37.6 Å². The molecule has 0 bridgehead atoms. The quantitative estimate of drug-likeness (QED) is 0.802. The summed E-state index contributed by atoms with van der Waals surface area (Å²) >= 11 is 1.86. The Morgan fingerprint density at radius 2 is 2.24 bits per heavy atom. The van der Waals surface area contributed by atoms with E-state index in [4.69, 9.17) is 0 Å². The maximum atomic E-state index is 3.61. The van der Waals surface area contributed by atoms with Crippen LogP contribution < -0.4 is 5.32 Å². The van der Waals surface area contributed by atoms with Crippen LogP contribution in [0.15, 0.2) is 17.5 Å². The van der Waals surface area contributed by atoms with Crippen molar-refractivity contribution >= 4 is 11.3 Å². The molecule has 0 aliphatic heterocycles. The van der Waals surface area contributed by atoms with Crippen LogP contribution >= 0.6 is 11.3 Å². The fraction of sp³-hybridized carbons (Fsp3) is 0.714. The van der Waals surface area contributed by atoms with Crippen molar-refractivity contribution in [1.82, 2.24) is 10.2 Å². The zero-order valence-corrected chi connectivity index (χ0v) is 12.0. The van der Waals surface area contributed by atoms with Crippen molar-refractivity contribution in [2.75, 3.05) is 20.1 Å². The van der Waals surface area contributed by atoms with Gasteiger partial charge < -0.3 is 5.32 Å². The van der Waals surface area contributed by atoms with E-state index in [-0.39, 0.29) is 0 Å². The van der Waals surface area contributed by atoms with Crippen LogP contribution in [0.4, 0.5) is 0 Å². The smallest absolute Gasteiger partial charge is 0.0410 e. The van der Waals surface area contributed by atoms with Crippen molar-refractivity contribution in [3.05, 3.63) is 22.4 Å². The molecule has 1 fully saturated rings. The van der Waals surface area contributed by atoms with E-state index >= 15 is 0 Å². The molecular weight excluding hydrogens is 228 g/mol. The van der Waals surface area contributed by atoms with Crippen molar-refractivity contribution in [3.63, 3.8) is 0 Å². The summed E-state index contributed by atoms with van der Waals surface area (Å²) < 4.78 is 0. The number of rotatable bonds is 7. The highest BCUT2D eigenvalue weighted by Gasteiger charge is 2.21. The monoisotopic (exact) mass is 252 g/mol. The summed E-state index contributed by atoms with van der Waals surface area (Å²) in [5, 5.41) is 5.78. The first-order chi connectivity index (χ1) is 8.16. The van der Waals surface area contributed by atoms with Gasteiger partial charge in [-0.05, 0) is 50.7 Å². The minimum absolute atomic E-state index is 0.540. The first kappa shape index (κ1) is 13.1. The fourth-order valence-corrected chi connectivity index (χ4v) is 2.96. The van der Waals surface area contributed by atoms with Gasteiger partial charge in [0.1, 0.15) is 0 Å². The summed E-state index contributed by atoms with van der Waals surface area (Å²) in [5.74, 6) is 0.725. The molecule has 0 radical (unpaired) electrons. The second kappa shape index (κ2) is 5.98. The Bertz CT molecular complexity index is 319. The van der Waals surface area contributed by atoms with Gasteiger partial charge in [-0.25, -0.2) is 0 Å². The molecule has 1 N–H and O–H groups in total. The molecular formula is C14H24N2S. The van der Waals surface area contributed by atoms with Gasteiger partial charge >= 0.3 is 0 Å². The van der Waals surface area contributed by atoms with Crippen LogP contribution in [0.25, 0.3) is 0 Å². The van der Waals surface area contributed by atoms with Crippen LogP contribution in [0.2, 0.25) is 0 Å². The standard InChI is InChI=1S/C14H24N2S/c1-11(9-15-13-6-7-13)10-16(3)12(2)14-5-4-8-17-14/h4-5,8,11-13,15H,6-7,9-10H2,1-3H3. The van der Waals surface area contributed by atoms with Gasteiger partial charge in [0.2, 0.25) is 0 Å². The number of hydrogen-bond acceptors (Lipinski definition) is 3. The van der Waals surface area contributed by atoms with Crippen molar-refractivity contribution < 1.29 is 0 Å². The van der Waals surface area contributed by atoms with E-state index in [1.54, 1.807) is 0 Å². The van der Waals surface area contributed by atoms with E-state index < -0.39 is 0 Å². The van der Waals surface area contributed by atoms with Gasteiger partial charge in [-0.3, -0.25) is 4.90 Å². The molecule has 2 atom stereocenters. The molecule has 96 valence electrons. The van der Waals surface area contributed by atoms with Gasteiger partial charge in [-0.15, -0.1) is 11.3 Å². The Balaban J connectivity index is 1.72. The first-order valence-electron chi connectivity index (χ1n) is 6.64. The average Bonchev–Trinajstić information content (AvgIpc) is 2.98. The zero-order valence-electron chi connectivity index (χ0n) is 11.1. The summed E-state index contributed by atoms with van der Waals surface area (Å²) in [5.41, 5.74) is 0. The molecule has 2 unspecified atom stereocenters. The number of nitrogens with zero attached hydrogens (tertiary/aromatic N) is 1. The third-order valence-electron chi connectivity index (χ3n) is 3.55. The number of hydrogen-bond donors (Lipinski definition) is 1. The second-order valence-corrected chi connectivity index (χ2v) is 6.40. The van der Waals surface area contributed by atoms with Gasteiger partial charge in [-0.2, -0.15) is 0 Å². The largest absolute Gasteiger partial charge is 0.314 e. The molecule has 0 saturated heterocycles. The molecule has 1 aliphatic carbocycles. The van der Waals surface area contributed by atoms with E-state index in [9.17, 15) is 0 Å².